The fourth-order valence-electron chi connectivity index (χ4n) is 5.01. The monoisotopic (exact) mass is 604 g/mol. The Morgan fingerprint density at radius 3 is 1.44 bits per heavy atom. The van der Waals surface area contributed by atoms with Gasteiger partial charge in [0.15, 0.2) is 18.9 Å². The first-order chi connectivity index (χ1) is 16.2. The summed E-state index contributed by atoms with van der Waals surface area (Å²) in [4.78, 5) is 51.1. The zero-order valence-corrected chi connectivity index (χ0v) is 26.1. The van der Waals surface area contributed by atoms with Gasteiger partial charge < -0.3 is 43.3 Å². The molecule has 17 heteroatoms. The average Bonchev–Trinajstić information content (AvgIpc) is 2.75. The number of hydrogen-bond acceptors (Lipinski definition) is 6. The normalized spacial score (nSPS) is 20.2. The van der Waals surface area contributed by atoms with Crippen molar-refractivity contribution in [1.29, 1.82) is 0 Å². The quantitative estimate of drug-likeness (QED) is 0.103. The van der Waals surface area contributed by atoms with Crippen molar-refractivity contribution >= 4 is 30.2 Å². The lowest BCUT2D eigenvalue weighted by molar-refractivity contribution is -0.960. The zero-order valence-electron chi connectivity index (χ0n) is 22.5. The SMILES string of the molecule is CCC(CC)(CC[NH+](CP(=O)(O)O)C(CC)(CC)CP(=O)(O)OC)[NH+](CP(C)(=O)O)CP(=O)(O)OC. The third-order valence-electron chi connectivity index (χ3n) is 7.46. The van der Waals surface area contributed by atoms with Gasteiger partial charge in [0.05, 0.1) is 13.0 Å². The summed E-state index contributed by atoms with van der Waals surface area (Å²) >= 11 is 0. The van der Waals surface area contributed by atoms with E-state index in [1.165, 1.54) is 6.66 Å². The minimum absolute atomic E-state index is 0.143. The Labute approximate surface area is 215 Å². The van der Waals surface area contributed by atoms with Gasteiger partial charge >= 0.3 is 22.8 Å². The predicted octanol–water partition coefficient (Wildman–Crippen LogP) is 0.878. The first-order valence-electron chi connectivity index (χ1n) is 12.0. The van der Waals surface area contributed by atoms with Crippen LogP contribution in [0.1, 0.15) is 59.8 Å². The van der Waals surface area contributed by atoms with Crippen LogP contribution in [0.15, 0.2) is 0 Å². The van der Waals surface area contributed by atoms with E-state index in [-0.39, 0.29) is 25.4 Å². The lowest BCUT2D eigenvalue weighted by Gasteiger charge is -2.44. The van der Waals surface area contributed by atoms with Crippen molar-refractivity contribution < 1.29 is 61.6 Å². The van der Waals surface area contributed by atoms with Crippen molar-refractivity contribution in [1.82, 2.24) is 0 Å². The van der Waals surface area contributed by atoms with Crippen LogP contribution in [0.2, 0.25) is 0 Å². The van der Waals surface area contributed by atoms with Crippen LogP contribution in [0.5, 0.6) is 0 Å². The van der Waals surface area contributed by atoms with Crippen LogP contribution in [-0.4, -0.2) is 88.0 Å². The number of quaternary nitrogens is 2. The first-order valence-corrected chi connectivity index (χ1v) is 19.6. The van der Waals surface area contributed by atoms with Gasteiger partial charge in [-0.3, -0.25) is 18.3 Å². The molecule has 0 radical (unpaired) electrons. The minimum atomic E-state index is -4.56. The van der Waals surface area contributed by atoms with E-state index in [9.17, 15) is 42.7 Å². The summed E-state index contributed by atoms with van der Waals surface area (Å²) < 4.78 is 59.1. The summed E-state index contributed by atoms with van der Waals surface area (Å²) in [6.07, 6.45) is 0.213. The third kappa shape index (κ3) is 11.7. The van der Waals surface area contributed by atoms with E-state index in [0.29, 0.717) is 35.5 Å². The van der Waals surface area contributed by atoms with Gasteiger partial charge in [-0.1, -0.05) is 27.7 Å². The fourth-order valence-corrected chi connectivity index (χ4v) is 9.96. The molecule has 0 saturated heterocycles. The van der Waals surface area contributed by atoms with Crippen molar-refractivity contribution in [2.45, 2.75) is 70.9 Å². The Morgan fingerprint density at radius 1 is 0.667 bits per heavy atom. The van der Waals surface area contributed by atoms with Gasteiger partial charge in [-0.25, -0.2) is 0 Å². The molecule has 0 spiro atoms. The molecule has 13 nitrogen and oxygen atoms in total. The summed E-state index contributed by atoms with van der Waals surface area (Å²) in [6, 6.07) is 0. The minimum Gasteiger partial charge on any atom is -0.341 e. The molecule has 0 aliphatic rings. The molecule has 36 heavy (non-hydrogen) atoms. The standard InChI is InChI=1S/C19H46N2O11P4/c1-8-18(9-2,21(15-33(7,22)23)17-36(29,30)32-6)12-13-20(16-34(24,25)26)19(10-3,11-4)14-35(27,28)31-5/h8-17H2,1-7H3,(H,22,23)(H,27,28)(H,29,30)(H2,24,25,26)/p+2. The Balaban J connectivity index is 6.56. The number of rotatable bonds is 19. The molecule has 0 bridgehead atoms. The molecule has 0 saturated carbocycles. The Hall–Kier alpha value is 0.560. The molecular formula is C19H48N2O11P4+2. The molecule has 0 aliphatic carbocycles. The van der Waals surface area contributed by atoms with Gasteiger partial charge in [0, 0.05) is 33.7 Å². The third-order valence-corrected chi connectivity index (χ3v) is 12.1. The number of hydrogen-bond donors (Lipinski definition) is 7. The van der Waals surface area contributed by atoms with Gasteiger partial charge in [-0.15, -0.1) is 0 Å². The lowest BCUT2D eigenvalue weighted by Crippen LogP contribution is -3.23. The van der Waals surface area contributed by atoms with Crippen LogP contribution >= 0.6 is 30.2 Å². The van der Waals surface area contributed by atoms with Crippen LogP contribution in [0, 0.1) is 0 Å². The molecule has 5 atom stereocenters. The van der Waals surface area contributed by atoms with E-state index in [4.69, 9.17) is 9.05 Å². The molecule has 0 rings (SSSR count). The predicted molar refractivity (Wildman–Crippen MR) is 139 cm³/mol. The van der Waals surface area contributed by atoms with Gasteiger partial charge in [0.1, 0.15) is 17.2 Å². The Kier molecular flexibility index (Phi) is 14.5. The Bertz CT molecular complexity index is 867. The van der Waals surface area contributed by atoms with Crippen molar-refractivity contribution in [3.8, 4) is 0 Å². The molecule has 0 fully saturated rings. The summed E-state index contributed by atoms with van der Waals surface area (Å²) in [5, 5.41) is 0. The average molecular weight is 604 g/mol. The topological polar surface area (TPSA) is 197 Å². The Morgan fingerprint density at radius 2 is 1.11 bits per heavy atom. The molecular weight excluding hydrogens is 556 g/mol. The maximum Gasteiger partial charge on any atom is 0.381 e. The largest absolute Gasteiger partial charge is 0.381 e. The highest BCUT2D eigenvalue weighted by molar-refractivity contribution is 7.57. The highest BCUT2D eigenvalue weighted by Gasteiger charge is 2.49. The maximum absolute atomic E-state index is 12.5. The van der Waals surface area contributed by atoms with Gasteiger partial charge in [-0.05, 0) is 12.8 Å². The second-order valence-electron chi connectivity index (χ2n) is 9.67. The van der Waals surface area contributed by atoms with Crippen LogP contribution in [0.4, 0.5) is 0 Å². The molecule has 0 aromatic carbocycles. The van der Waals surface area contributed by atoms with Crippen molar-refractivity contribution in [2.75, 3.05) is 52.4 Å². The van der Waals surface area contributed by atoms with E-state index >= 15 is 0 Å². The van der Waals surface area contributed by atoms with Crippen molar-refractivity contribution in [3.05, 3.63) is 0 Å². The second kappa shape index (κ2) is 14.3. The molecule has 0 aliphatic heterocycles. The lowest BCUT2D eigenvalue weighted by atomic mass is 9.86. The summed E-state index contributed by atoms with van der Waals surface area (Å²) in [6.45, 7) is 8.57. The van der Waals surface area contributed by atoms with Crippen LogP contribution < -0.4 is 9.80 Å². The van der Waals surface area contributed by atoms with E-state index in [0.717, 1.165) is 14.2 Å². The van der Waals surface area contributed by atoms with E-state index in [1.807, 2.05) is 13.8 Å². The number of nitrogens with one attached hydrogen (secondary N) is 2. The van der Waals surface area contributed by atoms with Crippen LogP contribution in [0.25, 0.3) is 0 Å². The van der Waals surface area contributed by atoms with Crippen molar-refractivity contribution in [3.63, 3.8) is 0 Å². The van der Waals surface area contributed by atoms with Gasteiger partial charge in [0.2, 0.25) is 7.37 Å². The molecule has 7 N–H and O–H groups in total. The molecule has 0 amide bonds. The van der Waals surface area contributed by atoms with E-state index in [1.54, 1.807) is 13.8 Å². The zero-order chi connectivity index (χ0) is 28.6. The molecule has 0 aromatic heterocycles. The summed E-state index contributed by atoms with van der Waals surface area (Å²) in [7, 11) is -14.1. The van der Waals surface area contributed by atoms with Gasteiger partial charge in [-0.2, -0.15) is 0 Å². The summed E-state index contributed by atoms with van der Waals surface area (Å²) in [5.41, 5.74) is -1.80. The van der Waals surface area contributed by atoms with Gasteiger partial charge in [0.25, 0.3) is 0 Å². The highest BCUT2D eigenvalue weighted by Crippen LogP contribution is 2.45. The summed E-state index contributed by atoms with van der Waals surface area (Å²) in [5.74, 6) is 0. The maximum atomic E-state index is 12.5. The van der Waals surface area contributed by atoms with E-state index in [2.05, 4.69) is 0 Å². The second-order valence-corrected chi connectivity index (χ2v) is 17.6. The first kappa shape index (κ1) is 36.6. The van der Waals surface area contributed by atoms with Crippen LogP contribution in [0.3, 0.4) is 0 Å². The van der Waals surface area contributed by atoms with Crippen molar-refractivity contribution in [2.24, 2.45) is 0 Å². The van der Waals surface area contributed by atoms with Crippen LogP contribution in [-0.2, 0) is 27.3 Å². The molecule has 0 heterocycles. The molecule has 5 unspecified atom stereocenters. The molecule has 0 aromatic rings. The fraction of sp³-hybridized carbons (Fsp3) is 1.00. The van der Waals surface area contributed by atoms with E-state index < -0.39 is 53.8 Å². The smallest absolute Gasteiger partial charge is 0.341 e. The molecule has 218 valence electrons. The highest BCUT2D eigenvalue weighted by atomic mass is 31.2.